The molecule has 0 fully saturated rings. The average Bonchev–Trinajstić information content (AvgIpc) is 3.54. The molecule has 1 heterocycles. The van der Waals surface area contributed by atoms with Crippen molar-refractivity contribution in [3.63, 3.8) is 0 Å². The number of nitrogens with two attached hydrogens (primary N) is 1. The van der Waals surface area contributed by atoms with Crippen LogP contribution in [0.5, 0.6) is 5.75 Å². The largest absolute Gasteiger partial charge is 0.510 e. The first-order chi connectivity index (χ1) is 25.5. The van der Waals surface area contributed by atoms with Crippen LogP contribution in [0.15, 0.2) is 83.3 Å². The number of carbonyl (C=O) groups excluding carboxylic acids is 4. The van der Waals surface area contributed by atoms with E-state index in [4.69, 9.17) is 5.73 Å². The summed E-state index contributed by atoms with van der Waals surface area (Å²) in [4.78, 5) is 57.6. The second-order valence-electron chi connectivity index (χ2n) is 14.4. The zero-order chi connectivity index (χ0) is 39.1. The molecule has 0 aliphatic heterocycles. The highest BCUT2D eigenvalue weighted by atomic mass is 32.1. The lowest BCUT2D eigenvalue weighted by atomic mass is 9.55. The number of hydrogen-bond donors (Lipinski definition) is 8. The molecule has 3 amide bonds. The summed E-state index contributed by atoms with van der Waals surface area (Å²) in [5, 5.41) is 64.0. The first-order valence-corrected chi connectivity index (χ1v) is 17.9. The van der Waals surface area contributed by atoms with E-state index in [1.807, 2.05) is 31.1 Å². The van der Waals surface area contributed by atoms with Crippen molar-refractivity contribution in [3.05, 3.63) is 94.5 Å². The number of fused-ring (bicyclic) bond motifs is 4. The molecule has 0 saturated carbocycles. The summed E-state index contributed by atoms with van der Waals surface area (Å²) in [7, 11) is 6.91. The number of likely N-dealkylation sites (N-methyl/N-ethyl adjacent to an activating group) is 1. The summed E-state index contributed by atoms with van der Waals surface area (Å²) in [6.07, 6.45) is -1.71. The van der Waals surface area contributed by atoms with Gasteiger partial charge in [-0.2, -0.15) is 0 Å². The number of benzene rings is 3. The third-order valence-corrected chi connectivity index (χ3v) is 12.0. The van der Waals surface area contributed by atoms with Crippen molar-refractivity contribution >= 4 is 62.0 Å². The number of nitrogens with one attached hydrogen (secondary N) is 2. The van der Waals surface area contributed by atoms with Gasteiger partial charge in [-0.05, 0) is 72.9 Å². The molecule has 15 heteroatoms. The number of carbonyl (C=O) groups is 4. The molecule has 54 heavy (non-hydrogen) atoms. The van der Waals surface area contributed by atoms with Crippen molar-refractivity contribution in [2.24, 2.45) is 17.6 Å². The van der Waals surface area contributed by atoms with Gasteiger partial charge in [0.25, 0.3) is 5.91 Å². The van der Waals surface area contributed by atoms with Crippen molar-refractivity contribution in [1.82, 2.24) is 4.90 Å². The number of nitrogens with zero attached hydrogens (tertiary/aromatic N) is 2. The van der Waals surface area contributed by atoms with Gasteiger partial charge in [0.1, 0.15) is 17.1 Å². The van der Waals surface area contributed by atoms with Gasteiger partial charge in [-0.15, -0.1) is 11.3 Å². The highest BCUT2D eigenvalue weighted by Gasteiger charge is 2.67. The monoisotopic (exact) mass is 753 g/mol. The number of Topliss-reactive ketones (excluding diaryl/α,β-unsaturated/α-hetero) is 2. The zero-order valence-corrected chi connectivity index (χ0v) is 30.7. The van der Waals surface area contributed by atoms with Crippen molar-refractivity contribution in [2.75, 3.05) is 43.7 Å². The molecule has 1 aromatic heterocycles. The van der Waals surface area contributed by atoms with E-state index in [1.54, 1.807) is 30.4 Å². The van der Waals surface area contributed by atoms with Crippen LogP contribution < -0.4 is 21.3 Å². The first kappa shape index (κ1) is 36.6. The minimum absolute atomic E-state index is 0.150. The molecule has 7 rings (SSSR count). The van der Waals surface area contributed by atoms with Gasteiger partial charge in [0.2, 0.25) is 5.78 Å². The molecule has 3 aromatic carbocycles. The van der Waals surface area contributed by atoms with Crippen molar-refractivity contribution < 1.29 is 44.7 Å². The second kappa shape index (κ2) is 13.0. The number of thiophene rings is 1. The molecular formula is C39H39N5O9S. The van der Waals surface area contributed by atoms with Crippen LogP contribution in [0.4, 0.5) is 21.9 Å². The fourth-order valence-corrected chi connectivity index (χ4v) is 9.27. The van der Waals surface area contributed by atoms with E-state index in [9.17, 15) is 44.7 Å². The molecule has 4 aromatic rings. The molecule has 3 aliphatic carbocycles. The quantitative estimate of drug-likeness (QED) is 0.103. The number of phenols is 1. The summed E-state index contributed by atoms with van der Waals surface area (Å²) >= 11 is 1.65. The standard InChI is InChI=1S/C39H39N5O9S/c1-16-21-12-13-22(42-38(52)41-19-9-6-17(7-10-19)23-14-18-8-11-20(43(2)3)15-24(18)54-23)31(45)26(21)32(46)27-25(16)33(47)29-30(44(4)5)34(48)28(37(40)51)36(50)39(29,53)35(27)49/h6-16,25,29-30,33,45,47-49,53H,1-5H3,(H2,40,51)(H2,41,42,52). The average molecular weight is 754 g/mol. The Bertz CT molecular complexity index is 2350. The zero-order valence-electron chi connectivity index (χ0n) is 29.9. The lowest BCUT2D eigenvalue weighted by Crippen LogP contribution is -2.68. The molecule has 3 aliphatic rings. The summed E-state index contributed by atoms with van der Waals surface area (Å²) < 4.78 is 1.15. The molecule has 6 atom stereocenters. The lowest BCUT2D eigenvalue weighted by Gasteiger charge is -2.53. The van der Waals surface area contributed by atoms with Crippen LogP contribution in [0.2, 0.25) is 0 Å². The highest BCUT2D eigenvalue weighted by Crippen LogP contribution is 2.56. The van der Waals surface area contributed by atoms with Crippen LogP contribution >= 0.6 is 11.3 Å². The van der Waals surface area contributed by atoms with Gasteiger partial charge in [0.15, 0.2) is 17.1 Å². The Morgan fingerprint density at radius 1 is 0.926 bits per heavy atom. The highest BCUT2D eigenvalue weighted by molar-refractivity contribution is 7.22. The maximum Gasteiger partial charge on any atom is 0.323 e. The number of amides is 3. The number of phenolic OH excluding ortho intramolecular Hbond substituents is 1. The second-order valence-corrected chi connectivity index (χ2v) is 15.4. The molecule has 0 bridgehead atoms. The molecule has 0 saturated heterocycles. The van der Waals surface area contributed by atoms with E-state index < -0.39 is 87.4 Å². The summed E-state index contributed by atoms with van der Waals surface area (Å²) in [6, 6.07) is 16.4. The first-order valence-electron chi connectivity index (χ1n) is 17.0. The predicted molar refractivity (Wildman–Crippen MR) is 204 cm³/mol. The Balaban J connectivity index is 1.16. The van der Waals surface area contributed by atoms with Crippen LogP contribution in [0.3, 0.4) is 0 Å². The Kier molecular flexibility index (Phi) is 8.80. The van der Waals surface area contributed by atoms with E-state index in [0.29, 0.717) is 5.69 Å². The van der Waals surface area contributed by atoms with Crippen molar-refractivity contribution in [3.8, 4) is 16.2 Å². The topological polar surface area (TPSA) is 226 Å². The smallest absolute Gasteiger partial charge is 0.323 e. The van der Waals surface area contributed by atoms with Crippen LogP contribution in [-0.2, 0) is 9.59 Å². The molecular weight excluding hydrogens is 715 g/mol. The third-order valence-electron chi connectivity index (χ3n) is 10.8. The maximum absolute atomic E-state index is 14.2. The van der Waals surface area contributed by atoms with Gasteiger partial charge >= 0.3 is 6.03 Å². The van der Waals surface area contributed by atoms with E-state index >= 15 is 0 Å². The molecule has 9 N–H and O–H groups in total. The van der Waals surface area contributed by atoms with Gasteiger partial charge in [-0.25, -0.2) is 4.79 Å². The lowest BCUT2D eigenvalue weighted by molar-refractivity contribution is -0.162. The van der Waals surface area contributed by atoms with Crippen LogP contribution in [0, 0.1) is 11.8 Å². The van der Waals surface area contributed by atoms with E-state index in [1.165, 1.54) is 31.1 Å². The SMILES string of the molecule is CC1c2ccc(NC(=O)Nc3ccc(-c4cc5ccc(N(C)C)cc5s4)cc3)c(O)c2C(=O)C2=C(O)C3(O)C(=O)C(C(N)=O)=C(O)C(N(C)C)C3C(O)C21. The fraction of sp³-hybridized carbons (Fsp3) is 0.282. The fourth-order valence-electron chi connectivity index (χ4n) is 8.17. The summed E-state index contributed by atoms with van der Waals surface area (Å²) in [5.41, 5.74) is 3.14. The molecule has 14 nitrogen and oxygen atoms in total. The van der Waals surface area contributed by atoms with Crippen LogP contribution in [-0.4, -0.2) is 99.9 Å². The Morgan fingerprint density at radius 2 is 1.61 bits per heavy atom. The number of aliphatic hydroxyl groups excluding tert-OH is 3. The minimum Gasteiger partial charge on any atom is -0.510 e. The van der Waals surface area contributed by atoms with Gasteiger partial charge in [-0.3, -0.25) is 19.3 Å². The Morgan fingerprint density at radius 3 is 2.24 bits per heavy atom. The summed E-state index contributed by atoms with van der Waals surface area (Å²) in [5.74, 6) is -10.0. The van der Waals surface area contributed by atoms with E-state index in [2.05, 4.69) is 34.9 Å². The van der Waals surface area contributed by atoms with Crippen molar-refractivity contribution in [1.29, 1.82) is 0 Å². The molecule has 280 valence electrons. The number of rotatable bonds is 6. The van der Waals surface area contributed by atoms with E-state index in [-0.39, 0.29) is 16.8 Å². The normalized spacial score (nSPS) is 25.0. The van der Waals surface area contributed by atoms with Gasteiger partial charge in [0.05, 0.1) is 29.3 Å². The van der Waals surface area contributed by atoms with E-state index in [0.717, 1.165) is 26.2 Å². The van der Waals surface area contributed by atoms with Crippen LogP contribution in [0.25, 0.3) is 20.5 Å². The number of ketones is 2. The summed E-state index contributed by atoms with van der Waals surface area (Å²) in [6.45, 7) is 1.62. The number of aliphatic hydroxyl groups is 4. The maximum atomic E-state index is 14.2. The number of primary amides is 1. The van der Waals surface area contributed by atoms with Gasteiger partial charge in [-0.1, -0.05) is 31.2 Å². The Hall–Kier alpha value is -5.74. The number of urea groups is 1. The number of anilines is 3. The Labute approximate surface area is 313 Å². The van der Waals surface area contributed by atoms with Gasteiger partial charge < -0.3 is 46.8 Å². The van der Waals surface area contributed by atoms with Crippen molar-refractivity contribution in [2.45, 2.75) is 30.6 Å². The predicted octanol–water partition coefficient (Wildman–Crippen LogP) is 4.24. The molecule has 0 spiro atoms. The minimum atomic E-state index is -3.03. The van der Waals surface area contributed by atoms with Crippen LogP contribution in [0.1, 0.15) is 28.8 Å². The van der Waals surface area contributed by atoms with Gasteiger partial charge in [0, 0.05) is 46.5 Å². The number of hydrogen-bond acceptors (Lipinski definition) is 12. The third kappa shape index (κ3) is 5.42. The number of aromatic hydroxyl groups is 1. The molecule has 0 radical (unpaired) electrons. The molecule has 6 unspecified atom stereocenters.